The minimum absolute atomic E-state index is 0.138. The van der Waals surface area contributed by atoms with Gasteiger partial charge in [-0.15, -0.1) is 11.6 Å². The summed E-state index contributed by atoms with van der Waals surface area (Å²) in [6.07, 6.45) is 7.97. The third-order valence-corrected chi connectivity index (χ3v) is 7.65. The number of carbonyl (C=O) groups excluding carboxylic acids is 1. The first-order valence-electron chi connectivity index (χ1n) is 9.70. The molecule has 2 aromatic rings. The SMILES string of the molecule is O=C(Nc1ccnn1Cc1ccc(Br)cc1)C12CC3CC(CC(Cl)(C3)C1)C2. The van der Waals surface area contributed by atoms with Gasteiger partial charge in [-0.05, 0) is 68.1 Å². The number of carbonyl (C=O) groups is 1. The maximum absolute atomic E-state index is 13.3. The lowest BCUT2D eigenvalue weighted by molar-refractivity contribution is -0.138. The van der Waals surface area contributed by atoms with Gasteiger partial charge in [-0.2, -0.15) is 5.10 Å². The summed E-state index contributed by atoms with van der Waals surface area (Å²) in [5.41, 5.74) is 0.852. The Morgan fingerprint density at radius 1 is 1.19 bits per heavy atom. The van der Waals surface area contributed by atoms with Crippen LogP contribution in [-0.2, 0) is 11.3 Å². The zero-order valence-electron chi connectivity index (χ0n) is 15.1. The number of aromatic nitrogens is 2. The van der Waals surface area contributed by atoms with E-state index in [1.165, 1.54) is 6.42 Å². The van der Waals surface area contributed by atoms with E-state index in [4.69, 9.17) is 11.6 Å². The Kier molecular flexibility index (Phi) is 4.17. The lowest BCUT2D eigenvalue weighted by Crippen LogP contribution is -2.57. The van der Waals surface area contributed by atoms with Crippen LogP contribution in [-0.4, -0.2) is 20.6 Å². The fourth-order valence-corrected chi connectivity index (χ4v) is 6.95. The quantitative estimate of drug-likeness (QED) is 0.653. The second kappa shape index (κ2) is 6.35. The highest BCUT2D eigenvalue weighted by Crippen LogP contribution is 2.64. The smallest absolute Gasteiger partial charge is 0.231 e. The van der Waals surface area contributed by atoms with Gasteiger partial charge in [-0.25, -0.2) is 4.68 Å². The minimum atomic E-state index is -0.293. The van der Waals surface area contributed by atoms with Gasteiger partial charge in [0.1, 0.15) is 5.82 Å². The lowest BCUT2D eigenvalue weighted by atomic mass is 9.49. The van der Waals surface area contributed by atoms with E-state index in [0.29, 0.717) is 18.4 Å². The molecule has 142 valence electrons. The molecule has 4 saturated carbocycles. The maximum atomic E-state index is 13.3. The summed E-state index contributed by atoms with van der Waals surface area (Å²) in [6.45, 7) is 0.633. The molecule has 27 heavy (non-hydrogen) atoms. The largest absolute Gasteiger partial charge is 0.310 e. The number of anilines is 1. The van der Waals surface area contributed by atoms with E-state index < -0.39 is 0 Å². The van der Waals surface area contributed by atoms with Crippen molar-refractivity contribution in [1.29, 1.82) is 0 Å². The number of nitrogens with one attached hydrogen (secondary N) is 1. The van der Waals surface area contributed by atoms with Gasteiger partial charge in [-0.3, -0.25) is 4.79 Å². The standard InChI is InChI=1S/C21H23BrClN3O/c22-17-3-1-14(2-4-17)12-26-18(5-6-24-26)25-19(27)20-8-15-7-16(9-20)11-21(23,10-15)13-20/h1-6,15-16H,7-13H2,(H,25,27). The number of amides is 1. The molecule has 0 saturated heterocycles. The zero-order valence-corrected chi connectivity index (χ0v) is 17.5. The van der Waals surface area contributed by atoms with E-state index in [1.807, 2.05) is 22.9 Å². The van der Waals surface area contributed by atoms with Crippen LogP contribution < -0.4 is 5.32 Å². The highest BCUT2D eigenvalue weighted by molar-refractivity contribution is 9.10. The Balaban J connectivity index is 1.35. The Morgan fingerprint density at radius 3 is 2.56 bits per heavy atom. The zero-order chi connectivity index (χ0) is 18.6. The molecule has 0 aliphatic heterocycles. The first kappa shape index (κ1) is 17.7. The number of alkyl halides is 1. The first-order chi connectivity index (χ1) is 12.9. The molecular weight excluding hydrogens is 426 g/mol. The summed E-state index contributed by atoms with van der Waals surface area (Å²) in [7, 11) is 0. The van der Waals surface area contributed by atoms with Gasteiger partial charge in [0.2, 0.25) is 5.91 Å². The summed E-state index contributed by atoms with van der Waals surface area (Å²) < 4.78 is 2.91. The molecule has 0 spiro atoms. The minimum Gasteiger partial charge on any atom is -0.310 e. The average molecular weight is 449 g/mol. The van der Waals surface area contributed by atoms with Crippen LogP contribution in [0.15, 0.2) is 41.0 Å². The van der Waals surface area contributed by atoms with Crippen LogP contribution >= 0.6 is 27.5 Å². The van der Waals surface area contributed by atoms with Gasteiger partial charge in [0.25, 0.3) is 0 Å². The fraction of sp³-hybridized carbons (Fsp3) is 0.524. The molecule has 6 heteroatoms. The normalized spacial score (nSPS) is 34.0. The van der Waals surface area contributed by atoms with Crippen molar-refractivity contribution in [1.82, 2.24) is 9.78 Å². The molecule has 4 aliphatic carbocycles. The van der Waals surface area contributed by atoms with Gasteiger partial charge in [0, 0.05) is 15.4 Å². The highest BCUT2D eigenvalue weighted by atomic mass is 79.9. The van der Waals surface area contributed by atoms with Crippen LogP contribution in [0.1, 0.15) is 44.1 Å². The van der Waals surface area contributed by atoms with Crippen molar-refractivity contribution < 1.29 is 4.79 Å². The topological polar surface area (TPSA) is 46.9 Å². The molecule has 4 bridgehead atoms. The third kappa shape index (κ3) is 3.23. The predicted octanol–water partition coefficient (Wildman–Crippen LogP) is 5.21. The summed E-state index contributed by atoms with van der Waals surface area (Å²) in [6, 6.07) is 10.0. The van der Waals surface area contributed by atoms with E-state index in [9.17, 15) is 4.79 Å². The highest BCUT2D eigenvalue weighted by Gasteiger charge is 2.60. The summed E-state index contributed by atoms with van der Waals surface area (Å²) in [5.74, 6) is 2.13. The van der Waals surface area contributed by atoms with Crippen LogP contribution in [0.3, 0.4) is 0 Å². The second-order valence-electron chi connectivity index (χ2n) is 8.85. The number of hydrogen-bond acceptors (Lipinski definition) is 2. The Bertz CT molecular complexity index is 864. The predicted molar refractivity (Wildman–Crippen MR) is 110 cm³/mol. The Hall–Kier alpha value is -1.33. The number of nitrogens with zero attached hydrogens (tertiary/aromatic N) is 2. The van der Waals surface area contributed by atoms with Crippen molar-refractivity contribution in [2.75, 3.05) is 5.32 Å². The summed E-state index contributed by atoms with van der Waals surface area (Å²) in [4.78, 5) is 13.2. The van der Waals surface area contributed by atoms with Gasteiger partial charge >= 0.3 is 0 Å². The van der Waals surface area contributed by atoms with Gasteiger partial charge in [0.15, 0.2) is 0 Å². The van der Waals surface area contributed by atoms with E-state index in [2.05, 4.69) is 38.5 Å². The lowest BCUT2D eigenvalue weighted by Gasteiger charge is -2.59. The molecule has 4 aliphatic rings. The van der Waals surface area contributed by atoms with Crippen molar-refractivity contribution in [2.24, 2.45) is 17.3 Å². The Labute approximate surface area is 172 Å². The molecule has 4 fully saturated rings. The van der Waals surface area contributed by atoms with Crippen LogP contribution in [0.2, 0.25) is 0 Å². The number of benzene rings is 1. The average Bonchev–Trinajstić information content (AvgIpc) is 3.01. The molecule has 1 N–H and O–H groups in total. The molecule has 0 radical (unpaired) electrons. The molecule has 1 aromatic heterocycles. The first-order valence-corrected chi connectivity index (χ1v) is 10.9. The van der Waals surface area contributed by atoms with Gasteiger partial charge in [-0.1, -0.05) is 28.1 Å². The van der Waals surface area contributed by atoms with Crippen LogP contribution in [0.25, 0.3) is 0 Å². The number of rotatable bonds is 4. The maximum Gasteiger partial charge on any atom is 0.231 e. The van der Waals surface area contributed by atoms with Crippen LogP contribution in [0.4, 0.5) is 5.82 Å². The molecule has 6 rings (SSSR count). The molecule has 2 unspecified atom stereocenters. The van der Waals surface area contributed by atoms with Crippen molar-refractivity contribution in [3.8, 4) is 0 Å². The van der Waals surface area contributed by atoms with Gasteiger partial charge < -0.3 is 5.32 Å². The van der Waals surface area contributed by atoms with Gasteiger partial charge in [0.05, 0.1) is 18.2 Å². The third-order valence-electron chi connectivity index (χ3n) is 6.68. The molecule has 4 nitrogen and oxygen atoms in total. The molecular formula is C21H23BrClN3O. The van der Waals surface area contributed by atoms with E-state index in [1.54, 1.807) is 6.20 Å². The number of hydrogen-bond donors (Lipinski definition) is 1. The monoisotopic (exact) mass is 447 g/mol. The van der Waals surface area contributed by atoms with E-state index in [0.717, 1.165) is 48.0 Å². The summed E-state index contributed by atoms with van der Waals surface area (Å²) >= 11 is 10.4. The second-order valence-corrected chi connectivity index (χ2v) is 10.6. The Morgan fingerprint density at radius 2 is 1.89 bits per heavy atom. The molecule has 2 atom stereocenters. The molecule has 1 heterocycles. The fourth-order valence-electron chi connectivity index (χ4n) is 5.99. The van der Waals surface area contributed by atoms with Crippen molar-refractivity contribution in [3.63, 3.8) is 0 Å². The van der Waals surface area contributed by atoms with Crippen molar-refractivity contribution in [2.45, 2.75) is 49.9 Å². The van der Waals surface area contributed by atoms with Crippen molar-refractivity contribution in [3.05, 3.63) is 46.6 Å². The number of halogens is 2. The van der Waals surface area contributed by atoms with E-state index >= 15 is 0 Å². The summed E-state index contributed by atoms with van der Waals surface area (Å²) in [5, 5.41) is 7.60. The molecule has 1 amide bonds. The van der Waals surface area contributed by atoms with E-state index in [-0.39, 0.29) is 16.2 Å². The van der Waals surface area contributed by atoms with Crippen LogP contribution in [0, 0.1) is 17.3 Å². The van der Waals surface area contributed by atoms with Crippen molar-refractivity contribution >= 4 is 39.3 Å². The van der Waals surface area contributed by atoms with Crippen LogP contribution in [0.5, 0.6) is 0 Å². The molecule has 1 aromatic carbocycles.